The van der Waals surface area contributed by atoms with Gasteiger partial charge in [-0.3, -0.25) is 4.90 Å². The van der Waals surface area contributed by atoms with Gasteiger partial charge in [-0.05, 0) is 62.5 Å². The number of nitrogens with zero attached hydrogens (tertiary/aromatic N) is 1. The van der Waals surface area contributed by atoms with Gasteiger partial charge in [0.2, 0.25) is 0 Å². The topological polar surface area (TPSA) is 23.5 Å². The van der Waals surface area contributed by atoms with E-state index in [1.807, 2.05) is 0 Å². The highest BCUT2D eigenvalue weighted by Crippen LogP contribution is 2.34. The van der Waals surface area contributed by atoms with Crippen LogP contribution in [0.3, 0.4) is 0 Å². The van der Waals surface area contributed by atoms with E-state index in [1.165, 1.54) is 25.0 Å². The Bertz CT molecular complexity index is 470. The van der Waals surface area contributed by atoms with E-state index in [1.54, 1.807) is 6.07 Å². The van der Waals surface area contributed by atoms with Crippen LogP contribution < -0.4 is 0 Å². The summed E-state index contributed by atoms with van der Waals surface area (Å²) in [6.45, 7) is 6.41. The monoisotopic (exact) mass is 357 g/mol. The van der Waals surface area contributed by atoms with Crippen LogP contribution in [0.1, 0.15) is 45.1 Å². The number of hydrogen-bond acceptors (Lipinski definition) is 2. The summed E-state index contributed by atoms with van der Waals surface area (Å²) in [7, 11) is 0. The van der Waals surface area contributed by atoms with Crippen LogP contribution in [0, 0.1) is 5.82 Å². The molecule has 1 unspecified atom stereocenters. The number of benzene rings is 1. The molecule has 1 N–H and O–H groups in total. The second-order valence-corrected chi connectivity index (χ2v) is 6.81. The zero-order valence-electron chi connectivity index (χ0n) is 12.9. The third-order valence-corrected chi connectivity index (χ3v) is 5.78. The van der Waals surface area contributed by atoms with E-state index in [0.29, 0.717) is 6.42 Å². The number of rotatable bonds is 6. The van der Waals surface area contributed by atoms with Crippen LogP contribution in [0.2, 0.25) is 0 Å². The maximum absolute atomic E-state index is 13.4. The molecule has 1 aliphatic rings. The van der Waals surface area contributed by atoms with E-state index in [0.717, 1.165) is 36.0 Å². The first-order chi connectivity index (χ1) is 10.0. The van der Waals surface area contributed by atoms with Crippen molar-refractivity contribution in [2.75, 3.05) is 13.1 Å². The summed E-state index contributed by atoms with van der Waals surface area (Å²) in [4.78, 5) is 2.44. The molecule has 0 saturated carbocycles. The van der Waals surface area contributed by atoms with Gasteiger partial charge in [0.15, 0.2) is 0 Å². The molecule has 1 aliphatic heterocycles. The van der Waals surface area contributed by atoms with Gasteiger partial charge >= 0.3 is 0 Å². The lowest BCUT2D eigenvalue weighted by Gasteiger charge is -2.44. The Morgan fingerprint density at radius 2 is 1.90 bits per heavy atom. The first-order valence-corrected chi connectivity index (χ1v) is 8.70. The smallest absolute Gasteiger partial charge is 0.123 e. The van der Waals surface area contributed by atoms with Crippen molar-refractivity contribution in [1.29, 1.82) is 0 Å². The Balaban J connectivity index is 2.22. The largest absolute Gasteiger partial charge is 0.391 e. The van der Waals surface area contributed by atoms with Crippen molar-refractivity contribution in [3.8, 4) is 0 Å². The molecule has 1 aromatic rings. The zero-order chi connectivity index (χ0) is 15.5. The first-order valence-electron chi connectivity index (χ1n) is 7.90. The van der Waals surface area contributed by atoms with Gasteiger partial charge in [0.1, 0.15) is 5.82 Å². The lowest BCUT2D eigenvalue weighted by molar-refractivity contribution is -0.0270. The molecule has 1 saturated heterocycles. The van der Waals surface area contributed by atoms with E-state index in [4.69, 9.17) is 0 Å². The number of aliphatic hydroxyl groups is 1. The minimum Gasteiger partial charge on any atom is -0.391 e. The lowest BCUT2D eigenvalue weighted by atomic mass is 9.82. The van der Waals surface area contributed by atoms with Crippen LogP contribution in [-0.2, 0) is 6.42 Å². The molecule has 1 heterocycles. The molecule has 1 fully saturated rings. The van der Waals surface area contributed by atoms with E-state index >= 15 is 0 Å². The predicted molar refractivity (Wildman–Crippen MR) is 87.9 cm³/mol. The Kier molecular flexibility index (Phi) is 5.81. The fourth-order valence-electron chi connectivity index (χ4n) is 3.64. The van der Waals surface area contributed by atoms with Crippen LogP contribution in [-0.4, -0.2) is 34.7 Å². The van der Waals surface area contributed by atoms with E-state index in [9.17, 15) is 9.50 Å². The third-order valence-electron chi connectivity index (χ3n) is 5.00. The first kappa shape index (κ1) is 16.9. The average Bonchev–Trinajstić information content (AvgIpc) is 2.99. The highest BCUT2D eigenvalue weighted by Gasteiger charge is 2.41. The minimum atomic E-state index is -0.483. The molecule has 1 atom stereocenters. The summed E-state index contributed by atoms with van der Waals surface area (Å²) in [5, 5.41) is 10.9. The molecule has 4 heteroatoms. The van der Waals surface area contributed by atoms with Crippen molar-refractivity contribution in [2.45, 2.75) is 57.6 Å². The highest BCUT2D eigenvalue weighted by molar-refractivity contribution is 9.10. The van der Waals surface area contributed by atoms with Crippen molar-refractivity contribution in [2.24, 2.45) is 0 Å². The molecule has 21 heavy (non-hydrogen) atoms. The van der Waals surface area contributed by atoms with Crippen molar-refractivity contribution in [3.05, 3.63) is 34.1 Å². The molecule has 0 bridgehead atoms. The van der Waals surface area contributed by atoms with Gasteiger partial charge in [0, 0.05) is 16.4 Å². The van der Waals surface area contributed by atoms with Gasteiger partial charge in [0.05, 0.1) is 6.10 Å². The molecule has 2 rings (SSSR count). The Hall–Kier alpha value is -0.450. The number of hydrogen-bond donors (Lipinski definition) is 1. The van der Waals surface area contributed by atoms with Gasteiger partial charge < -0.3 is 5.11 Å². The zero-order valence-corrected chi connectivity index (χ0v) is 14.5. The fourth-order valence-corrected chi connectivity index (χ4v) is 4.05. The molecule has 0 aliphatic carbocycles. The van der Waals surface area contributed by atoms with E-state index in [2.05, 4.69) is 34.7 Å². The van der Waals surface area contributed by atoms with Crippen LogP contribution in [0.4, 0.5) is 4.39 Å². The van der Waals surface area contributed by atoms with Crippen LogP contribution in [0.15, 0.2) is 22.7 Å². The van der Waals surface area contributed by atoms with Crippen molar-refractivity contribution in [1.82, 2.24) is 4.90 Å². The summed E-state index contributed by atoms with van der Waals surface area (Å²) in [6.07, 6.45) is 4.24. The normalized spacial score (nSPS) is 18.1. The number of likely N-dealkylation sites (tertiary alicyclic amines) is 1. The summed E-state index contributed by atoms with van der Waals surface area (Å²) in [5.74, 6) is -0.250. The van der Waals surface area contributed by atoms with Gasteiger partial charge in [-0.1, -0.05) is 29.8 Å². The van der Waals surface area contributed by atoms with E-state index in [-0.39, 0.29) is 11.4 Å². The van der Waals surface area contributed by atoms with Crippen LogP contribution in [0.25, 0.3) is 0 Å². The highest BCUT2D eigenvalue weighted by atomic mass is 79.9. The molecular weight excluding hydrogens is 333 g/mol. The summed E-state index contributed by atoms with van der Waals surface area (Å²) in [6, 6.07) is 4.67. The lowest BCUT2D eigenvalue weighted by Crippen LogP contribution is -2.55. The Morgan fingerprint density at radius 1 is 1.29 bits per heavy atom. The quantitative estimate of drug-likeness (QED) is 0.826. The van der Waals surface area contributed by atoms with Crippen molar-refractivity contribution >= 4 is 15.9 Å². The van der Waals surface area contributed by atoms with Crippen molar-refractivity contribution < 1.29 is 9.50 Å². The Labute approximate surface area is 135 Å². The maximum Gasteiger partial charge on any atom is 0.123 e. The SMILES string of the molecule is CCC(CC)(C(O)Cc1cc(F)ccc1Br)N1CCCC1. The fraction of sp³-hybridized carbons (Fsp3) is 0.647. The number of aliphatic hydroxyl groups excluding tert-OH is 1. The predicted octanol–water partition coefficient (Wildman–Crippen LogP) is 4.15. The van der Waals surface area contributed by atoms with Gasteiger partial charge in [0.25, 0.3) is 0 Å². The van der Waals surface area contributed by atoms with Crippen LogP contribution in [0.5, 0.6) is 0 Å². The third kappa shape index (κ3) is 3.49. The second-order valence-electron chi connectivity index (χ2n) is 5.96. The molecule has 118 valence electrons. The summed E-state index contributed by atoms with van der Waals surface area (Å²) in [5.41, 5.74) is 0.649. The molecule has 1 aromatic carbocycles. The summed E-state index contributed by atoms with van der Waals surface area (Å²) < 4.78 is 14.3. The number of halogens is 2. The van der Waals surface area contributed by atoms with Gasteiger partial charge in [-0.25, -0.2) is 4.39 Å². The molecule has 2 nitrogen and oxygen atoms in total. The average molecular weight is 358 g/mol. The molecule has 0 radical (unpaired) electrons. The van der Waals surface area contributed by atoms with Crippen LogP contribution >= 0.6 is 15.9 Å². The Morgan fingerprint density at radius 3 is 2.48 bits per heavy atom. The second kappa shape index (κ2) is 7.21. The minimum absolute atomic E-state index is 0.192. The standard InChI is InChI=1S/C17H25BrFNO/c1-3-17(4-2,20-9-5-6-10-20)16(21)12-13-11-14(19)7-8-15(13)18/h7-8,11,16,21H,3-6,9-10,12H2,1-2H3. The molecule has 0 aromatic heterocycles. The molecule has 0 amide bonds. The van der Waals surface area contributed by atoms with Gasteiger partial charge in [-0.15, -0.1) is 0 Å². The van der Waals surface area contributed by atoms with E-state index < -0.39 is 6.10 Å². The molecular formula is C17H25BrFNO. The molecule has 0 spiro atoms. The van der Waals surface area contributed by atoms with Crippen molar-refractivity contribution in [3.63, 3.8) is 0 Å². The summed E-state index contributed by atoms with van der Waals surface area (Å²) >= 11 is 3.46. The van der Waals surface area contributed by atoms with Gasteiger partial charge in [-0.2, -0.15) is 0 Å². The maximum atomic E-state index is 13.4.